The number of nitrogens with zero attached hydrogens (tertiary/aromatic N) is 1. The van der Waals surface area contributed by atoms with Crippen LogP contribution in [-0.4, -0.2) is 16.8 Å². The molecule has 0 aliphatic rings. The molecule has 0 saturated carbocycles. The number of ketones is 1. The topological polar surface area (TPSA) is 42.0 Å². The van der Waals surface area contributed by atoms with Crippen molar-refractivity contribution in [2.45, 2.75) is 33.2 Å². The van der Waals surface area contributed by atoms with Crippen LogP contribution in [0.1, 0.15) is 37.6 Å². The van der Waals surface area contributed by atoms with Gasteiger partial charge in [-0.3, -0.25) is 4.79 Å². The number of carbonyl (C=O) groups is 1. The van der Waals surface area contributed by atoms with Crippen molar-refractivity contribution in [1.29, 1.82) is 0 Å². The van der Waals surface area contributed by atoms with Crippen molar-refractivity contribution in [3.05, 3.63) is 23.9 Å². The molecular weight excluding hydrogens is 176 g/mol. The van der Waals surface area contributed by atoms with E-state index in [0.29, 0.717) is 17.4 Å². The lowest BCUT2D eigenvalue weighted by Gasteiger charge is -2.13. The number of hydrogen-bond donors (Lipinski definition) is 1. The van der Waals surface area contributed by atoms with Crippen molar-refractivity contribution in [3.63, 3.8) is 0 Å². The molecular formula is C11H16N2O. The van der Waals surface area contributed by atoms with Crippen LogP contribution in [0.5, 0.6) is 0 Å². The first-order valence-electron chi connectivity index (χ1n) is 4.87. The Bertz CT molecular complexity index is 323. The molecule has 0 aliphatic heterocycles. The Labute approximate surface area is 84.6 Å². The fourth-order valence-electron chi connectivity index (χ4n) is 1.14. The Morgan fingerprint density at radius 1 is 1.64 bits per heavy atom. The van der Waals surface area contributed by atoms with Gasteiger partial charge in [0, 0.05) is 12.2 Å². The van der Waals surface area contributed by atoms with Gasteiger partial charge >= 0.3 is 0 Å². The van der Waals surface area contributed by atoms with Crippen molar-refractivity contribution in [2.75, 3.05) is 5.32 Å². The summed E-state index contributed by atoms with van der Waals surface area (Å²) in [6, 6.07) is 3.90. The minimum atomic E-state index is 0.0453. The van der Waals surface area contributed by atoms with Gasteiger partial charge in [-0.15, -0.1) is 0 Å². The van der Waals surface area contributed by atoms with Gasteiger partial charge in [0.15, 0.2) is 5.78 Å². The average molecular weight is 192 g/mol. The average Bonchev–Trinajstić information content (AvgIpc) is 2.18. The molecule has 1 unspecified atom stereocenters. The highest BCUT2D eigenvalue weighted by molar-refractivity contribution is 5.98. The number of aromatic nitrogens is 1. The van der Waals surface area contributed by atoms with Crippen LogP contribution >= 0.6 is 0 Å². The summed E-state index contributed by atoms with van der Waals surface area (Å²) in [5.41, 5.74) is 0.660. The van der Waals surface area contributed by atoms with E-state index in [-0.39, 0.29) is 5.78 Å². The summed E-state index contributed by atoms with van der Waals surface area (Å²) in [5.74, 6) is 0.734. The van der Waals surface area contributed by atoms with Crippen LogP contribution in [0.3, 0.4) is 0 Å². The Morgan fingerprint density at radius 3 is 2.93 bits per heavy atom. The quantitative estimate of drug-likeness (QED) is 0.745. The summed E-state index contributed by atoms with van der Waals surface area (Å²) in [6.45, 7) is 5.71. The lowest BCUT2D eigenvalue weighted by atomic mass is 10.1. The number of pyridine rings is 1. The first kappa shape index (κ1) is 10.7. The maximum absolute atomic E-state index is 11.3. The fraction of sp³-hybridized carbons (Fsp3) is 0.455. The van der Waals surface area contributed by atoms with Gasteiger partial charge in [-0.25, -0.2) is 4.98 Å². The summed E-state index contributed by atoms with van der Waals surface area (Å²) < 4.78 is 0. The van der Waals surface area contributed by atoms with E-state index in [2.05, 4.69) is 24.1 Å². The van der Waals surface area contributed by atoms with Gasteiger partial charge in [0.1, 0.15) is 5.82 Å². The van der Waals surface area contributed by atoms with E-state index in [1.807, 2.05) is 0 Å². The smallest absolute Gasteiger partial charge is 0.163 e. The van der Waals surface area contributed by atoms with Gasteiger partial charge in [0.05, 0.1) is 5.56 Å². The molecule has 1 rings (SSSR count). The summed E-state index contributed by atoms with van der Waals surface area (Å²) in [6.07, 6.45) is 2.70. The zero-order valence-corrected chi connectivity index (χ0v) is 8.87. The van der Waals surface area contributed by atoms with Crippen LogP contribution in [0.25, 0.3) is 0 Å². The van der Waals surface area contributed by atoms with E-state index in [1.54, 1.807) is 25.3 Å². The van der Waals surface area contributed by atoms with E-state index in [9.17, 15) is 4.79 Å². The lowest BCUT2D eigenvalue weighted by molar-refractivity contribution is 0.101. The monoisotopic (exact) mass is 192 g/mol. The predicted octanol–water partition coefficient (Wildman–Crippen LogP) is 2.49. The minimum Gasteiger partial charge on any atom is -0.367 e. The van der Waals surface area contributed by atoms with Crippen molar-refractivity contribution in [2.24, 2.45) is 0 Å². The van der Waals surface area contributed by atoms with Crippen molar-refractivity contribution >= 4 is 11.6 Å². The molecule has 0 radical (unpaired) electrons. The predicted molar refractivity (Wildman–Crippen MR) is 57.6 cm³/mol. The molecule has 14 heavy (non-hydrogen) atoms. The maximum Gasteiger partial charge on any atom is 0.163 e. The molecule has 0 spiro atoms. The van der Waals surface area contributed by atoms with E-state index < -0.39 is 0 Å². The van der Waals surface area contributed by atoms with Gasteiger partial charge in [-0.05, 0) is 32.4 Å². The van der Waals surface area contributed by atoms with Crippen molar-refractivity contribution in [1.82, 2.24) is 4.98 Å². The van der Waals surface area contributed by atoms with Crippen LogP contribution in [0.2, 0.25) is 0 Å². The maximum atomic E-state index is 11.3. The molecule has 0 fully saturated rings. The lowest BCUT2D eigenvalue weighted by Crippen LogP contribution is -2.16. The Balaban J connectivity index is 2.90. The van der Waals surface area contributed by atoms with Crippen LogP contribution in [0.4, 0.5) is 5.82 Å². The molecule has 1 heterocycles. The van der Waals surface area contributed by atoms with Gasteiger partial charge in [-0.2, -0.15) is 0 Å². The molecule has 0 aromatic carbocycles. The van der Waals surface area contributed by atoms with E-state index in [0.717, 1.165) is 6.42 Å². The largest absolute Gasteiger partial charge is 0.367 e. The van der Waals surface area contributed by atoms with E-state index >= 15 is 0 Å². The minimum absolute atomic E-state index is 0.0453. The highest BCUT2D eigenvalue weighted by Crippen LogP contribution is 2.13. The van der Waals surface area contributed by atoms with Gasteiger partial charge < -0.3 is 5.32 Å². The Kier molecular flexibility index (Phi) is 3.63. The van der Waals surface area contributed by atoms with Gasteiger partial charge in [-0.1, -0.05) is 6.92 Å². The van der Waals surface area contributed by atoms with Crippen LogP contribution in [0.15, 0.2) is 18.3 Å². The SMILES string of the molecule is CCC(C)Nc1ncccc1C(C)=O. The number of rotatable bonds is 4. The van der Waals surface area contributed by atoms with Crippen LogP contribution in [0, 0.1) is 0 Å². The van der Waals surface area contributed by atoms with E-state index in [1.165, 1.54) is 0 Å². The van der Waals surface area contributed by atoms with E-state index in [4.69, 9.17) is 0 Å². The number of Topliss-reactive ketones (excluding diaryl/α,β-unsaturated/α-hetero) is 1. The number of nitrogens with one attached hydrogen (secondary N) is 1. The standard InChI is InChI=1S/C11H16N2O/c1-4-8(2)13-11-10(9(3)14)6-5-7-12-11/h5-8H,4H2,1-3H3,(H,12,13). The number of hydrogen-bond acceptors (Lipinski definition) is 3. The van der Waals surface area contributed by atoms with Gasteiger partial charge in [0.25, 0.3) is 0 Å². The molecule has 1 aromatic rings. The molecule has 0 bridgehead atoms. The number of carbonyl (C=O) groups excluding carboxylic acids is 1. The van der Waals surface area contributed by atoms with Crippen molar-refractivity contribution in [3.8, 4) is 0 Å². The zero-order valence-electron chi connectivity index (χ0n) is 8.87. The highest BCUT2D eigenvalue weighted by atomic mass is 16.1. The third kappa shape index (κ3) is 2.55. The highest BCUT2D eigenvalue weighted by Gasteiger charge is 2.08. The first-order valence-corrected chi connectivity index (χ1v) is 4.87. The fourth-order valence-corrected chi connectivity index (χ4v) is 1.14. The molecule has 0 aliphatic carbocycles. The van der Waals surface area contributed by atoms with Crippen LogP contribution < -0.4 is 5.32 Å². The third-order valence-corrected chi connectivity index (χ3v) is 2.18. The second-order valence-corrected chi connectivity index (χ2v) is 3.41. The summed E-state index contributed by atoms with van der Waals surface area (Å²) in [4.78, 5) is 15.4. The van der Waals surface area contributed by atoms with Crippen LogP contribution in [-0.2, 0) is 0 Å². The Hall–Kier alpha value is -1.38. The molecule has 0 amide bonds. The van der Waals surface area contributed by atoms with Gasteiger partial charge in [0.2, 0.25) is 0 Å². The third-order valence-electron chi connectivity index (χ3n) is 2.18. The Morgan fingerprint density at radius 2 is 2.36 bits per heavy atom. The zero-order chi connectivity index (χ0) is 10.6. The molecule has 3 heteroatoms. The van der Waals surface area contributed by atoms with Crippen molar-refractivity contribution < 1.29 is 4.79 Å². The summed E-state index contributed by atoms with van der Waals surface area (Å²) in [5, 5.41) is 3.21. The summed E-state index contributed by atoms with van der Waals surface area (Å²) >= 11 is 0. The number of anilines is 1. The molecule has 1 aromatic heterocycles. The second kappa shape index (κ2) is 4.74. The first-order chi connectivity index (χ1) is 6.65. The molecule has 1 N–H and O–H groups in total. The second-order valence-electron chi connectivity index (χ2n) is 3.41. The molecule has 76 valence electrons. The molecule has 1 atom stereocenters. The molecule has 3 nitrogen and oxygen atoms in total. The normalized spacial score (nSPS) is 12.2. The summed E-state index contributed by atoms with van der Waals surface area (Å²) in [7, 11) is 0. The molecule has 0 saturated heterocycles.